The van der Waals surface area contributed by atoms with E-state index in [0.29, 0.717) is 24.1 Å². The molecule has 0 spiro atoms. The maximum absolute atomic E-state index is 12.2. The molecule has 3 heteroatoms. The van der Waals surface area contributed by atoms with Crippen LogP contribution in [0, 0.1) is 0 Å². The third-order valence-electron chi connectivity index (χ3n) is 2.94. The summed E-state index contributed by atoms with van der Waals surface area (Å²) in [6.45, 7) is 4.34. The molecule has 1 aromatic rings. The number of hydrogen-bond acceptors (Lipinski definition) is 2. The topological polar surface area (TPSA) is 46.2 Å². The summed E-state index contributed by atoms with van der Waals surface area (Å²) in [5, 5.41) is 2.70. The summed E-state index contributed by atoms with van der Waals surface area (Å²) in [6, 6.07) is 7.39. The zero-order valence-corrected chi connectivity index (χ0v) is 10.0. The minimum atomic E-state index is -0.259. The van der Waals surface area contributed by atoms with E-state index in [4.69, 9.17) is 0 Å². The number of Topliss-reactive ketones (excluding diaryl/α,β-unsaturated/α-hetero) is 1. The molecule has 3 nitrogen and oxygen atoms in total. The van der Waals surface area contributed by atoms with Crippen LogP contribution in [-0.2, 0) is 4.79 Å². The molecule has 0 atom stereocenters. The van der Waals surface area contributed by atoms with Crippen LogP contribution in [0.3, 0.4) is 0 Å². The van der Waals surface area contributed by atoms with E-state index in [1.807, 2.05) is 32.0 Å². The number of likely N-dealkylation sites (N-methyl/N-ethyl adjacent to an activating group) is 1. The van der Waals surface area contributed by atoms with Gasteiger partial charge in [-0.2, -0.15) is 0 Å². The Morgan fingerprint density at radius 3 is 2.41 bits per heavy atom. The highest BCUT2D eigenvalue weighted by atomic mass is 16.2. The Labute approximate surface area is 101 Å². The Bertz CT molecular complexity index is 515. The zero-order valence-electron chi connectivity index (χ0n) is 10.0. The van der Waals surface area contributed by atoms with Gasteiger partial charge in [-0.1, -0.05) is 31.2 Å². The first-order valence-electron chi connectivity index (χ1n) is 5.86. The van der Waals surface area contributed by atoms with Crippen molar-refractivity contribution >= 4 is 17.3 Å². The van der Waals surface area contributed by atoms with Crippen molar-refractivity contribution in [2.24, 2.45) is 0 Å². The van der Waals surface area contributed by atoms with E-state index in [0.717, 1.165) is 11.1 Å². The van der Waals surface area contributed by atoms with Gasteiger partial charge in [0, 0.05) is 12.1 Å². The Morgan fingerprint density at radius 2 is 1.82 bits per heavy atom. The van der Waals surface area contributed by atoms with Gasteiger partial charge in [0.05, 0.1) is 5.57 Å². The Morgan fingerprint density at radius 1 is 1.18 bits per heavy atom. The van der Waals surface area contributed by atoms with Crippen LogP contribution in [0.1, 0.15) is 36.2 Å². The van der Waals surface area contributed by atoms with E-state index in [1.54, 1.807) is 6.07 Å². The molecule has 0 radical (unpaired) electrons. The first-order chi connectivity index (χ1) is 8.20. The monoisotopic (exact) mass is 229 g/mol. The summed E-state index contributed by atoms with van der Waals surface area (Å²) in [5.41, 5.74) is 2.72. The lowest BCUT2D eigenvalue weighted by Crippen LogP contribution is -2.27. The molecular formula is C14H15NO2. The van der Waals surface area contributed by atoms with Crippen LogP contribution >= 0.6 is 0 Å². The normalized spacial score (nSPS) is 13.9. The molecule has 17 heavy (non-hydrogen) atoms. The molecule has 0 saturated carbocycles. The van der Waals surface area contributed by atoms with Crippen LogP contribution in [-0.4, -0.2) is 18.2 Å². The fraction of sp³-hybridized carbons (Fsp3) is 0.286. The van der Waals surface area contributed by atoms with Crippen molar-refractivity contribution < 1.29 is 9.59 Å². The van der Waals surface area contributed by atoms with Crippen molar-refractivity contribution in [1.82, 2.24) is 5.32 Å². The van der Waals surface area contributed by atoms with E-state index in [1.165, 1.54) is 0 Å². The molecule has 0 fully saturated rings. The summed E-state index contributed by atoms with van der Waals surface area (Å²) in [7, 11) is 0. The van der Waals surface area contributed by atoms with Crippen LogP contribution in [0.4, 0.5) is 0 Å². The number of amides is 1. The van der Waals surface area contributed by atoms with E-state index in [2.05, 4.69) is 5.32 Å². The molecule has 0 aromatic heterocycles. The van der Waals surface area contributed by atoms with Gasteiger partial charge in [-0.05, 0) is 24.5 Å². The van der Waals surface area contributed by atoms with Gasteiger partial charge in [0.25, 0.3) is 5.91 Å². The predicted molar refractivity (Wildman–Crippen MR) is 66.7 cm³/mol. The smallest absolute Gasteiger partial charge is 0.255 e. The highest BCUT2D eigenvalue weighted by Crippen LogP contribution is 2.34. The molecule has 0 heterocycles. The number of benzene rings is 1. The van der Waals surface area contributed by atoms with Crippen LogP contribution < -0.4 is 5.32 Å². The number of hydrogen-bond donors (Lipinski definition) is 1. The molecule has 0 unspecified atom stereocenters. The molecule has 1 amide bonds. The Kier molecular flexibility index (Phi) is 3.09. The number of ketones is 1. The van der Waals surface area contributed by atoms with Crippen molar-refractivity contribution in [3.8, 4) is 0 Å². The number of carbonyl (C=O) groups is 2. The van der Waals surface area contributed by atoms with Crippen molar-refractivity contribution in [1.29, 1.82) is 0 Å². The first kappa shape index (κ1) is 11.6. The molecule has 88 valence electrons. The van der Waals surface area contributed by atoms with Gasteiger partial charge < -0.3 is 5.32 Å². The van der Waals surface area contributed by atoms with Crippen LogP contribution in [0.5, 0.6) is 0 Å². The number of carbonyl (C=O) groups excluding carboxylic acids is 2. The van der Waals surface area contributed by atoms with E-state index in [-0.39, 0.29) is 11.7 Å². The van der Waals surface area contributed by atoms with Gasteiger partial charge in [-0.15, -0.1) is 0 Å². The maximum Gasteiger partial charge on any atom is 0.255 e. The molecule has 0 bridgehead atoms. The maximum atomic E-state index is 12.2. The number of allylic oxidation sites excluding steroid dienone is 1. The molecule has 0 saturated heterocycles. The second kappa shape index (κ2) is 4.53. The minimum absolute atomic E-state index is 0.150. The van der Waals surface area contributed by atoms with Gasteiger partial charge in [0.1, 0.15) is 0 Å². The lowest BCUT2D eigenvalue weighted by Gasteiger charge is -2.04. The molecule has 2 rings (SSSR count). The quantitative estimate of drug-likeness (QED) is 0.807. The fourth-order valence-corrected chi connectivity index (χ4v) is 2.21. The largest absolute Gasteiger partial charge is 0.352 e. The average Bonchev–Trinajstić information content (AvgIpc) is 2.63. The minimum Gasteiger partial charge on any atom is -0.352 e. The number of rotatable bonds is 3. The van der Waals surface area contributed by atoms with Crippen molar-refractivity contribution in [3.63, 3.8) is 0 Å². The third-order valence-corrected chi connectivity index (χ3v) is 2.94. The highest BCUT2D eigenvalue weighted by molar-refractivity contribution is 6.34. The summed E-state index contributed by atoms with van der Waals surface area (Å²) in [5.74, 6) is -0.408. The standard InChI is InChI=1S/C14H15NO2/c1-3-9-10-7-5-6-8-11(10)13(16)12(9)14(17)15-4-2/h5-8H,3-4H2,1-2H3,(H,15,17). The average molecular weight is 229 g/mol. The number of fused-ring (bicyclic) bond motifs is 1. The van der Waals surface area contributed by atoms with Gasteiger partial charge in [-0.25, -0.2) is 0 Å². The third kappa shape index (κ3) is 1.78. The van der Waals surface area contributed by atoms with E-state index in [9.17, 15) is 9.59 Å². The fourth-order valence-electron chi connectivity index (χ4n) is 2.21. The predicted octanol–water partition coefficient (Wildman–Crippen LogP) is 2.18. The zero-order chi connectivity index (χ0) is 12.4. The SMILES string of the molecule is CCNC(=O)C1=C(CC)c2ccccc2C1=O. The molecule has 1 aliphatic carbocycles. The summed E-state index contributed by atoms with van der Waals surface area (Å²) in [6.07, 6.45) is 0.690. The van der Waals surface area contributed by atoms with Crippen LogP contribution in [0.15, 0.2) is 29.8 Å². The second-order valence-corrected chi connectivity index (χ2v) is 3.94. The lowest BCUT2D eigenvalue weighted by atomic mass is 10.0. The lowest BCUT2D eigenvalue weighted by molar-refractivity contribution is -0.117. The van der Waals surface area contributed by atoms with Gasteiger partial charge >= 0.3 is 0 Å². The van der Waals surface area contributed by atoms with Crippen molar-refractivity contribution in [2.45, 2.75) is 20.3 Å². The molecular weight excluding hydrogens is 214 g/mol. The molecule has 0 aliphatic heterocycles. The molecule has 1 aromatic carbocycles. The van der Waals surface area contributed by atoms with E-state index < -0.39 is 0 Å². The summed E-state index contributed by atoms with van der Waals surface area (Å²) in [4.78, 5) is 24.1. The molecule has 1 aliphatic rings. The van der Waals surface area contributed by atoms with Gasteiger partial charge in [0.15, 0.2) is 5.78 Å². The van der Waals surface area contributed by atoms with Crippen molar-refractivity contribution in [3.05, 3.63) is 41.0 Å². The van der Waals surface area contributed by atoms with Crippen LogP contribution in [0.25, 0.3) is 5.57 Å². The first-order valence-corrected chi connectivity index (χ1v) is 5.86. The summed E-state index contributed by atoms with van der Waals surface area (Å²) < 4.78 is 0. The number of nitrogens with one attached hydrogen (secondary N) is 1. The highest BCUT2D eigenvalue weighted by Gasteiger charge is 2.32. The Balaban J connectivity index is 2.52. The summed E-state index contributed by atoms with van der Waals surface area (Å²) >= 11 is 0. The van der Waals surface area contributed by atoms with Gasteiger partial charge in [0.2, 0.25) is 0 Å². The van der Waals surface area contributed by atoms with Gasteiger partial charge in [-0.3, -0.25) is 9.59 Å². The second-order valence-electron chi connectivity index (χ2n) is 3.94. The van der Waals surface area contributed by atoms with E-state index >= 15 is 0 Å². The van der Waals surface area contributed by atoms with Crippen molar-refractivity contribution in [2.75, 3.05) is 6.54 Å². The molecule has 1 N–H and O–H groups in total. The van der Waals surface area contributed by atoms with Crippen LogP contribution in [0.2, 0.25) is 0 Å². The Hall–Kier alpha value is -1.90.